The largest absolute Gasteiger partial charge is 0.325 e. The third-order valence-electron chi connectivity index (χ3n) is 4.92. The van der Waals surface area contributed by atoms with E-state index in [0.717, 1.165) is 25.9 Å². The second-order valence-electron chi connectivity index (χ2n) is 6.44. The third-order valence-corrected chi connectivity index (χ3v) is 4.92. The molecule has 0 radical (unpaired) electrons. The Morgan fingerprint density at radius 1 is 1.33 bits per heavy atom. The van der Waals surface area contributed by atoms with E-state index in [1.165, 1.54) is 23.1 Å². The maximum atomic E-state index is 13.6. The minimum absolute atomic E-state index is 0.0216. The van der Waals surface area contributed by atoms with Crippen LogP contribution in [0.2, 0.25) is 0 Å². The normalized spacial score (nSPS) is 25.0. The lowest BCUT2D eigenvalue weighted by Gasteiger charge is -2.38. The van der Waals surface area contributed by atoms with Crippen LogP contribution in [0.15, 0.2) is 36.9 Å². The molecular weight excluding hydrogens is 309 g/mol. The van der Waals surface area contributed by atoms with Crippen LogP contribution >= 0.6 is 0 Å². The number of piperidine rings is 1. The van der Waals surface area contributed by atoms with Crippen molar-refractivity contribution in [1.82, 2.24) is 15.5 Å². The van der Waals surface area contributed by atoms with Crippen LogP contribution in [0.25, 0.3) is 0 Å². The van der Waals surface area contributed by atoms with Crippen LogP contribution in [-0.4, -0.2) is 42.0 Å². The molecule has 24 heavy (non-hydrogen) atoms. The Morgan fingerprint density at radius 2 is 2.08 bits per heavy atom. The summed E-state index contributed by atoms with van der Waals surface area (Å²) in [5, 5.41) is 6.21. The number of rotatable bonds is 5. The van der Waals surface area contributed by atoms with E-state index < -0.39 is 11.6 Å². The van der Waals surface area contributed by atoms with Crippen LogP contribution in [0.3, 0.4) is 0 Å². The van der Waals surface area contributed by atoms with E-state index in [2.05, 4.69) is 17.2 Å². The Labute approximate surface area is 140 Å². The Hall–Kier alpha value is -2.21. The molecule has 0 aliphatic carbocycles. The summed E-state index contributed by atoms with van der Waals surface area (Å²) >= 11 is 0. The van der Waals surface area contributed by atoms with E-state index in [0.29, 0.717) is 12.0 Å². The first kappa shape index (κ1) is 16.6. The van der Waals surface area contributed by atoms with Gasteiger partial charge in [-0.3, -0.25) is 9.69 Å². The zero-order chi connectivity index (χ0) is 17.2. The number of nitrogens with zero attached hydrogens (tertiary/aromatic N) is 1. The molecule has 2 aliphatic rings. The molecule has 128 valence electrons. The van der Waals surface area contributed by atoms with Gasteiger partial charge in [0.25, 0.3) is 5.91 Å². The number of carbonyl (C=O) groups is 2. The van der Waals surface area contributed by atoms with E-state index in [1.54, 1.807) is 12.1 Å². The molecule has 2 heterocycles. The van der Waals surface area contributed by atoms with Gasteiger partial charge < -0.3 is 10.6 Å². The van der Waals surface area contributed by atoms with Gasteiger partial charge in [-0.25, -0.2) is 9.18 Å². The molecule has 0 spiro atoms. The number of benzene rings is 1. The Kier molecular flexibility index (Phi) is 4.66. The molecule has 3 rings (SSSR count). The number of urea groups is 1. The van der Waals surface area contributed by atoms with E-state index in [4.69, 9.17) is 0 Å². The van der Waals surface area contributed by atoms with Crippen molar-refractivity contribution in [1.29, 1.82) is 0 Å². The Morgan fingerprint density at radius 3 is 2.75 bits per heavy atom. The molecule has 1 aromatic rings. The average molecular weight is 331 g/mol. The molecule has 1 atom stereocenters. The zero-order valence-electron chi connectivity index (χ0n) is 13.6. The number of hydrogen-bond donors (Lipinski definition) is 2. The van der Waals surface area contributed by atoms with Gasteiger partial charge in [0.05, 0.1) is 0 Å². The van der Waals surface area contributed by atoms with Gasteiger partial charge >= 0.3 is 6.03 Å². The van der Waals surface area contributed by atoms with Gasteiger partial charge in [-0.1, -0.05) is 18.2 Å². The molecule has 2 N–H and O–H groups in total. The van der Waals surface area contributed by atoms with Crippen molar-refractivity contribution in [2.75, 3.05) is 19.6 Å². The molecule has 1 aromatic carbocycles. The number of amides is 3. The molecule has 2 fully saturated rings. The summed E-state index contributed by atoms with van der Waals surface area (Å²) in [6.07, 6.45) is 3.43. The number of imide groups is 1. The molecule has 5 nitrogen and oxygen atoms in total. The topological polar surface area (TPSA) is 61.4 Å². The predicted octanol–water partition coefficient (Wildman–Crippen LogP) is 1.84. The maximum Gasteiger partial charge on any atom is 0.325 e. The molecule has 0 bridgehead atoms. The maximum absolute atomic E-state index is 13.6. The van der Waals surface area contributed by atoms with Crippen LogP contribution in [0.1, 0.15) is 18.4 Å². The smallest absolute Gasteiger partial charge is 0.322 e. The van der Waals surface area contributed by atoms with Crippen molar-refractivity contribution in [3.8, 4) is 0 Å². The fourth-order valence-electron chi connectivity index (χ4n) is 3.76. The van der Waals surface area contributed by atoms with Crippen molar-refractivity contribution in [3.63, 3.8) is 0 Å². The van der Waals surface area contributed by atoms with Crippen LogP contribution in [0.4, 0.5) is 9.18 Å². The predicted molar refractivity (Wildman–Crippen MR) is 88.9 cm³/mol. The van der Waals surface area contributed by atoms with Gasteiger partial charge in [0.2, 0.25) is 0 Å². The van der Waals surface area contributed by atoms with Crippen molar-refractivity contribution in [2.45, 2.75) is 24.8 Å². The lowest BCUT2D eigenvalue weighted by atomic mass is 9.74. The number of hydrogen-bond acceptors (Lipinski definition) is 3. The minimum Gasteiger partial charge on any atom is -0.322 e. The van der Waals surface area contributed by atoms with Crippen molar-refractivity contribution >= 4 is 11.9 Å². The Bertz CT molecular complexity index is 657. The monoisotopic (exact) mass is 331 g/mol. The lowest BCUT2D eigenvalue weighted by Crippen LogP contribution is -2.57. The van der Waals surface area contributed by atoms with E-state index >= 15 is 0 Å². The zero-order valence-corrected chi connectivity index (χ0v) is 13.6. The fourth-order valence-corrected chi connectivity index (χ4v) is 3.76. The van der Waals surface area contributed by atoms with Gasteiger partial charge in [-0.05, 0) is 49.5 Å². The molecule has 2 saturated heterocycles. The summed E-state index contributed by atoms with van der Waals surface area (Å²) in [6, 6.07) is 5.83. The summed E-state index contributed by atoms with van der Waals surface area (Å²) < 4.78 is 13.6. The third kappa shape index (κ3) is 2.94. The minimum atomic E-state index is -1.00. The van der Waals surface area contributed by atoms with Crippen molar-refractivity contribution < 1.29 is 14.0 Å². The molecule has 3 amide bonds. The van der Waals surface area contributed by atoms with Gasteiger partial charge in [0, 0.05) is 13.0 Å². The Balaban J connectivity index is 1.96. The van der Waals surface area contributed by atoms with Gasteiger partial charge in [-0.15, -0.1) is 6.58 Å². The van der Waals surface area contributed by atoms with E-state index in [9.17, 15) is 14.0 Å². The average Bonchev–Trinajstić information content (AvgIpc) is 2.81. The van der Waals surface area contributed by atoms with Gasteiger partial charge in [0.1, 0.15) is 11.4 Å². The highest BCUT2D eigenvalue weighted by atomic mass is 19.1. The number of halogens is 1. The molecule has 0 unspecified atom stereocenters. The first-order chi connectivity index (χ1) is 11.6. The molecule has 2 aliphatic heterocycles. The number of carbonyl (C=O) groups excluding carboxylic acids is 2. The van der Waals surface area contributed by atoms with E-state index in [1.807, 2.05) is 0 Å². The highest BCUT2D eigenvalue weighted by molar-refractivity contribution is 6.07. The standard InChI is InChI=1S/C18H22FN3O2/c1-2-10-22-16(23)18(21-17(22)24,14-6-8-20-9-7-14)12-13-4-3-5-15(19)11-13/h2-5,11,14,20H,1,6-10,12H2,(H,21,24)/t18-/m1/s1. The molecular formula is C18H22FN3O2. The summed E-state index contributed by atoms with van der Waals surface area (Å²) in [4.78, 5) is 26.6. The lowest BCUT2D eigenvalue weighted by molar-refractivity contribution is -0.133. The second kappa shape index (κ2) is 6.73. The quantitative estimate of drug-likeness (QED) is 0.639. The molecule has 0 saturated carbocycles. The van der Waals surface area contributed by atoms with E-state index in [-0.39, 0.29) is 24.2 Å². The van der Waals surface area contributed by atoms with Gasteiger partial charge in [0.15, 0.2) is 0 Å². The highest BCUT2D eigenvalue weighted by Gasteiger charge is 2.55. The summed E-state index contributed by atoms with van der Waals surface area (Å²) in [7, 11) is 0. The highest BCUT2D eigenvalue weighted by Crippen LogP contribution is 2.35. The van der Waals surface area contributed by atoms with Crippen LogP contribution < -0.4 is 10.6 Å². The summed E-state index contributed by atoms with van der Waals surface area (Å²) in [5.74, 6) is -0.551. The number of nitrogens with one attached hydrogen (secondary N) is 2. The first-order valence-corrected chi connectivity index (χ1v) is 8.27. The van der Waals surface area contributed by atoms with Crippen LogP contribution in [-0.2, 0) is 11.2 Å². The van der Waals surface area contributed by atoms with Gasteiger partial charge in [-0.2, -0.15) is 0 Å². The summed E-state index contributed by atoms with van der Waals surface area (Å²) in [5.41, 5.74) is -0.293. The summed E-state index contributed by atoms with van der Waals surface area (Å²) in [6.45, 7) is 5.41. The van der Waals surface area contributed by atoms with Crippen LogP contribution in [0, 0.1) is 11.7 Å². The fraction of sp³-hybridized carbons (Fsp3) is 0.444. The van der Waals surface area contributed by atoms with Crippen molar-refractivity contribution in [3.05, 3.63) is 48.3 Å². The first-order valence-electron chi connectivity index (χ1n) is 8.27. The van der Waals surface area contributed by atoms with Crippen molar-refractivity contribution in [2.24, 2.45) is 5.92 Å². The molecule has 6 heteroatoms. The SMILES string of the molecule is C=CCN1C(=O)N[C@](Cc2cccc(F)c2)(C2CCNCC2)C1=O. The molecule has 0 aromatic heterocycles. The second-order valence-corrected chi connectivity index (χ2v) is 6.44. The van der Waals surface area contributed by atoms with Crippen LogP contribution in [0.5, 0.6) is 0 Å².